The van der Waals surface area contributed by atoms with Crippen molar-refractivity contribution in [1.29, 1.82) is 0 Å². The first-order chi connectivity index (χ1) is 13.5. The van der Waals surface area contributed by atoms with Gasteiger partial charge in [0.2, 0.25) is 0 Å². The molecule has 142 valence electrons. The van der Waals surface area contributed by atoms with Crippen LogP contribution in [-0.2, 0) is 4.79 Å². The second-order valence-corrected chi connectivity index (χ2v) is 6.48. The third kappa shape index (κ3) is 5.20. The standard InChI is InChI=1S/C23H22N2O3/c1-16-11-12-21(13-17(16)2)28-15-22(26)24-20-10-6-7-18(14-20)23(27)25-19-8-4-3-5-9-19/h3-14H,15H2,1-2H3,(H,24,26)(H,25,27). The van der Waals surface area contributed by atoms with Crippen molar-refractivity contribution < 1.29 is 14.3 Å². The number of carbonyl (C=O) groups excluding carboxylic acids is 2. The molecule has 3 aromatic rings. The summed E-state index contributed by atoms with van der Waals surface area (Å²) in [4.78, 5) is 24.5. The fourth-order valence-electron chi connectivity index (χ4n) is 2.61. The predicted molar refractivity (Wildman–Crippen MR) is 111 cm³/mol. The van der Waals surface area contributed by atoms with E-state index in [4.69, 9.17) is 4.74 Å². The Bertz CT molecular complexity index is 984. The SMILES string of the molecule is Cc1ccc(OCC(=O)Nc2cccc(C(=O)Nc3ccccc3)c2)cc1C. The van der Waals surface area contributed by atoms with Crippen molar-refractivity contribution in [2.24, 2.45) is 0 Å². The maximum Gasteiger partial charge on any atom is 0.262 e. The van der Waals surface area contributed by atoms with Crippen molar-refractivity contribution in [3.8, 4) is 5.75 Å². The quantitative estimate of drug-likeness (QED) is 0.664. The van der Waals surface area contributed by atoms with E-state index in [2.05, 4.69) is 10.6 Å². The molecule has 2 amide bonds. The molecule has 0 aliphatic rings. The van der Waals surface area contributed by atoms with Crippen LogP contribution < -0.4 is 15.4 Å². The van der Waals surface area contributed by atoms with Crippen LogP contribution >= 0.6 is 0 Å². The Balaban J connectivity index is 1.58. The number of benzene rings is 3. The van der Waals surface area contributed by atoms with Gasteiger partial charge in [0.15, 0.2) is 6.61 Å². The molecule has 0 spiro atoms. The Kier molecular flexibility index (Phi) is 6.07. The third-order valence-corrected chi connectivity index (χ3v) is 4.29. The molecule has 0 fully saturated rings. The average molecular weight is 374 g/mol. The van der Waals surface area contributed by atoms with E-state index in [1.807, 2.05) is 62.4 Å². The molecule has 0 aliphatic heterocycles. The van der Waals surface area contributed by atoms with Gasteiger partial charge in [0.1, 0.15) is 5.75 Å². The van der Waals surface area contributed by atoms with Gasteiger partial charge in [-0.25, -0.2) is 0 Å². The third-order valence-electron chi connectivity index (χ3n) is 4.29. The number of ether oxygens (including phenoxy) is 1. The Hall–Kier alpha value is -3.60. The molecule has 28 heavy (non-hydrogen) atoms. The summed E-state index contributed by atoms with van der Waals surface area (Å²) >= 11 is 0. The van der Waals surface area contributed by atoms with Gasteiger partial charge in [-0.15, -0.1) is 0 Å². The lowest BCUT2D eigenvalue weighted by molar-refractivity contribution is -0.118. The average Bonchev–Trinajstić information content (AvgIpc) is 2.70. The van der Waals surface area contributed by atoms with E-state index in [0.717, 1.165) is 5.56 Å². The predicted octanol–water partition coefficient (Wildman–Crippen LogP) is 4.57. The summed E-state index contributed by atoms with van der Waals surface area (Å²) in [5.41, 5.74) is 3.98. The molecule has 0 radical (unpaired) electrons. The topological polar surface area (TPSA) is 67.4 Å². The largest absolute Gasteiger partial charge is 0.484 e. The van der Waals surface area contributed by atoms with Crippen LogP contribution in [0.4, 0.5) is 11.4 Å². The normalized spacial score (nSPS) is 10.2. The number of carbonyl (C=O) groups is 2. The summed E-state index contributed by atoms with van der Waals surface area (Å²) in [7, 11) is 0. The van der Waals surface area contributed by atoms with E-state index in [1.165, 1.54) is 5.56 Å². The highest BCUT2D eigenvalue weighted by molar-refractivity contribution is 6.05. The molecule has 0 unspecified atom stereocenters. The Morgan fingerprint density at radius 3 is 2.29 bits per heavy atom. The lowest BCUT2D eigenvalue weighted by Gasteiger charge is -2.10. The van der Waals surface area contributed by atoms with E-state index in [-0.39, 0.29) is 18.4 Å². The number of rotatable bonds is 6. The smallest absolute Gasteiger partial charge is 0.262 e. The molecular formula is C23H22N2O3. The molecule has 0 heterocycles. The monoisotopic (exact) mass is 374 g/mol. The number of anilines is 2. The number of amides is 2. The highest BCUT2D eigenvalue weighted by Crippen LogP contribution is 2.17. The zero-order valence-electron chi connectivity index (χ0n) is 15.9. The summed E-state index contributed by atoms with van der Waals surface area (Å²) in [6, 6.07) is 21.7. The fraction of sp³-hybridized carbons (Fsp3) is 0.130. The minimum Gasteiger partial charge on any atom is -0.484 e. The lowest BCUT2D eigenvalue weighted by Crippen LogP contribution is -2.20. The van der Waals surface area contributed by atoms with Gasteiger partial charge in [-0.3, -0.25) is 9.59 Å². The van der Waals surface area contributed by atoms with E-state index in [1.54, 1.807) is 24.3 Å². The summed E-state index contributed by atoms with van der Waals surface area (Å²) in [5, 5.41) is 5.57. The van der Waals surface area contributed by atoms with Gasteiger partial charge in [0, 0.05) is 16.9 Å². The first-order valence-corrected chi connectivity index (χ1v) is 8.97. The molecule has 0 saturated heterocycles. The minimum absolute atomic E-state index is 0.108. The number of hydrogen-bond acceptors (Lipinski definition) is 3. The lowest BCUT2D eigenvalue weighted by atomic mass is 10.1. The zero-order valence-corrected chi connectivity index (χ0v) is 15.9. The van der Waals surface area contributed by atoms with Crippen molar-refractivity contribution >= 4 is 23.2 Å². The summed E-state index contributed by atoms with van der Waals surface area (Å²) in [5.74, 6) is 0.113. The van der Waals surface area contributed by atoms with Gasteiger partial charge in [0.25, 0.3) is 11.8 Å². The molecule has 3 aromatic carbocycles. The van der Waals surface area contributed by atoms with Crippen LogP contribution in [0.5, 0.6) is 5.75 Å². The van der Waals surface area contributed by atoms with Gasteiger partial charge in [-0.1, -0.05) is 30.3 Å². The summed E-state index contributed by atoms with van der Waals surface area (Å²) in [6.45, 7) is 3.91. The van der Waals surface area contributed by atoms with Gasteiger partial charge in [0.05, 0.1) is 0 Å². The molecule has 5 heteroatoms. The Morgan fingerprint density at radius 2 is 1.54 bits per heavy atom. The number of nitrogens with one attached hydrogen (secondary N) is 2. The maximum absolute atomic E-state index is 12.4. The number of para-hydroxylation sites is 1. The van der Waals surface area contributed by atoms with Crippen molar-refractivity contribution in [1.82, 2.24) is 0 Å². The van der Waals surface area contributed by atoms with Crippen LogP contribution in [0.3, 0.4) is 0 Å². The molecule has 0 saturated carbocycles. The highest BCUT2D eigenvalue weighted by Gasteiger charge is 2.09. The molecule has 2 N–H and O–H groups in total. The van der Waals surface area contributed by atoms with Gasteiger partial charge < -0.3 is 15.4 Å². The second kappa shape index (κ2) is 8.86. The molecule has 0 aromatic heterocycles. The van der Waals surface area contributed by atoms with Crippen LogP contribution in [0.1, 0.15) is 21.5 Å². The Morgan fingerprint density at radius 1 is 0.786 bits per heavy atom. The minimum atomic E-state index is -0.293. The van der Waals surface area contributed by atoms with Crippen molar-refractivity contribution in [2.75, 3.05) is 17.2 Å². The molecular weight excluding hydrogens is 352 g/mol. The molecule has 5 nitrogen and oxygen atoms in total. The molecule has 0 atom stereocenters. The van der Waals surface area contributed by atoms with Crippen molar-refractivity contribution in [2.45, 2.75) is 13.8 Å². The highest BCUT2D eigenvalue weighted by atomic mass is 16.5. The van der Waals surface area contributed by atoms with Gasteiger partial charge >= 0.3 is 0 Å². The molecule has 3 rings (SSSR count). The van der Waals surface area contributed by atoms with E-state index in [9.17, 15) is 9.59 Å². The molecule has 0 aliphatic carbocycles. The summed E-state index contributed by atoms with van der Waals surface area (Å²) < 4.78 is 5.54. The van der Waals surface area contributed by atoms with Gasteiger partial charge in [-0.2, -0.15) is 0 Å². The Labute approximate surface area is 164 Å². The number of aryl methyl sites for hydroxylation is 2. The van der Waals surface area contributed by atoms with Crippen LogP contribution in [-0.4, -0.2) is 18.4 Å². The van der Waals surface area contributed by atoms with Crippen molar-refractivity contribution in [3.05, 3.63) is 89.5 Å². The van der Waals surface area contributed by atoms with E-state index >= 15 is 0 Å². The first-order valence-electron chi connectivity index (χ1n) is 8.97. The summed E-state index contributed by atoms with van der Waals surface area (Å²) in [6.07, 6.45) is 0. The van der Waals surface area contributed by atoms with Crippen LogP contribution in [0.2, 0.25) is 0 Å². The zero-order chi connectivity index (χ0) is 19.9. The van der Waals surface area contributed by atoms with Gasteiger partial charge in [-0.05, 0) is 67.4 Å². The first kappa shape index (κ1) is 19.2. The van der Waals surface area contributed by atoms with E-state index < -0.39 is 0 Å². The van der Waals surface area contributed by atoms with Crippen LogP contribution in [0.25, 0.3) is 0 Å². The van der Waals surface area contributed by atoms with Crippen LogP contribution in [0.15, 0.2) is 72.8 Å². The number of hydrogen-bond donors (Lipinski definition) is 2. The maximum atomic E-state index is 12.4. The fourth-order valence-corrected chi connectivity index (χ4v) is 2.61. The van der Waals surface area contributed by atoms with Crippen molar-refractivity contribution in [3.63, 3.8) is 0 Å². The van der Waals surface area contributed by atoms with Crippen LogP contribution in [0, 0.1) is 13.8 Å². The second-order valence-electron chi connectivity index (χ2n) is 6.48. The molecule has 0 bridgehead atoms. The van der Waals surface area contributed by atoms with E-state index in [0.29, 0.717) is 22.7 Å².